The largest absolute Gasteiger partial charge is 0.326 e. The second kappa shape index (κ2) is 5.20. The minimum atomic E-state index is -2.82. The van der Waals surface area contributed by atoms with Crippen LogP contribution in [0.1, 0.15) is 6.42 Å². The van der Waals surface area contributed by atoms with Crippen LogP contribution in [0.3, 0.4) is 0 Å². The number of piperidine rings is 1. The van der Waals surface area contributed by atoms with Gasteiger partial charge in [0, 0.05) is 23.7 Å². The molecule has 6 heteroatoms. The molecule has 0 spiro atoms. The Hall–Kier alpha value is -1.20. The lowest BCUT2D eigenvalue weighted by Crippen LogP contribution is -2.47. The van der Waals surface area contributed by atoms with Gasteiger partial charge in [0.05, 0.1) is 12.5 Å². The van der Waals surface area contributed by atoms with Crippen LogP contribution < -0.4 is 10.6 Å². The van der Waals surface area contributed by atoms with Gasteiger partial charge in [0.15, 0.2) is 0 Å². The lowest BCUT2D eigenvalue weighted by Gasteiger charge is -2.28. The number of carbonyl (C=O) groups excluding carboxylic acids is 1. The topological polar surface area (TPSA) is 41.1 Å². The molecule has 1 fully saturated rings. The molecule has 98 valence electrons. The van der Waals surface area contributed by atoms with Crippen LogP contribution in [0, 0.1) is 5.92 Å². The van der Waals surface area contributed by atoms with Crippen molar-refractivity contribution in [3.05, 3.63) is 29.3 Å². The highest BCUT2D eigenvalue weighted by atomic mass is 35.5. The van der Waals surface area contributed by atoms with Gasteiger partial charge in [-0.1, -0.05) is 11.6 Å². The van der Waals surface area contributed by atoms with E-state index in [0.29, 0.717) is 10.7 Å². The van der Waals surface area contributed by atoms with Crippen LogP contribution >= 0.6 is 11.6 Å². The Morgan fingerprint density at radius 2 is 2.06 bits per heavy atom. The normalized spacial score (nSPS) is 22.5. The highest BCUT2D eigenvalue weighted by molar-refractivity contribution is 6.30. The van der Waals surface area contributed by atoms with Gasteiger partial charge in [-0.25, -0.2) is 8.78 Å². The van der Waals surface area contributed by atoms with E-state index in [2.05, 4.69) is 10.6 Å². The third-order valence-corrected chi connectivity index (χ3v) is 3.05. The monoisotopic (exact) mass is 274 g/mol. The highest BCUT2D eigenvalue weighted by Gasteiger charge is 2.39. The number of alkyl halides is 2. The average Bonchev–Trinajstić information content (AvgIpc) is 2.31. The summed E-state index contributed by atoms with van der Waals surface area (Å²) < 4.78 is 26.3. The van der Waals surface area contributed by atoms with Crippen molar-refractivity contribution in [2.75, 3.05) is 18.4 Å². The molecule has 1 atom stereocenters. The van der Waals surface area contributed by atoms with E-state index in [0.717, 1.165) is 0 Å². The lowest BCUT2D eigenvalue weighted by molar-refractivity contribution is -0.125. The highest BCUT2D eigenvalue weighted by Crippen LogP contribution is 2.27. The molecule has 1 aliphatic rings. The first kappa shape index (κ1) is 13.2. The first-order valence-electron chi connectivity index (χ1n) is 5.61. The molecule has 0 saturated carbocycles. The van der Waals surface area contributed by atoms with E-state index in [4.69, 9.17) is 11.6 Å². The molecular formula is C12H13ClF2N2O. The van der Waals surface area contributed by atoms with Crippen LogP contribution in [-0.2, 0) is 4.79 Å². The second-order valence-corrected chi connectivity index (χ2v) is 4.82. The number of amides is 1. The quantitative estimate of drug-likeness (QED) is 0.870. The van der Waals surface area contributed by atoms with Crippen molar-refractivity contribution in [2.24, 2.45) is 5.92 Å². The molecule has 1 saturated heterocycles. The van der Waals surface area contributed by atoms with Gasteiger partial charge in [0.1, 0.15) is 0 Å². The summed E-state index contributed by atoms with van der Waals surface area (Å²) in [6.45, 7) is -0.0905. The van der Waals surface area contributed by atoms with Gasteiger partial charge >= 0.3 is 0 Å². The summed E-state index contributed by atoms with van der Waals surface area (Å²) in [5, 5.41) is 5.73. The molecule has 1 heterocycles. The van der Waals surface area contributed by atoms with Gasteiger partial charge in [-0.05, 0) is 24.3 Å². The van der Waals surface area contributed by atoms with E-state index in [1.807, 2.05) is 0 Å². The summed E-state index contributed by atoms with van der Waals surface area (Å²) >= 11 is 5.71. The standard InChI is InChI=1S/C12H13ClF2N2O/c13-9-1-3-10(4-2-9)17-11(18)8-5-12(14,15)7-16-6-8/h1-4,8,16H,5-7H2,(H,17,18). The van der Waals surface area contributed by atoms with Crippen LogP contribution in [0.25, 0.3) is 0 Å². The number of hydrogen-bond acceptors (Lipinski definition) is 2. The smallest absolute Gasteiger partial charge is 0.261 e. The van der Waals surface area contributed by atoms with Crippen LogP contribution in [0.4, 0.5) is 14.5 Å². The molecule has 1 aliphatic heterocycles. The Bertz CT molecular complexity index is 436. The fraction of sp³-hybridized carbons (Fsp3) is 0.417. The number of carbonyl (C=O) groups is 1. The number of halogens is 3. The molecule has 1 unspecified atom stereocenters. The second-order valence-electron chi connectivity index (χ2n) is 4.38. The predicted molar refractivity (Wildman–Crippen MR) is 66.0 cm³/mol. The molecule has 2 N–H and O–H groups in total. The number of benzene rings is 1. The summed E-state index contributed by atoms with van der Waals surface area (Å²) in [7, 11) is 0. The molecule has 1 amide bonds. The summed E-state index contributed by atoms with van der Waals surface area (Å²) in [5.41, 5.74) is 0.554. The van der Waals surface area contributed by atoms with Crippen molar-refractivity contribution < 1.29 is 13.6 Å². The molecule has 0 bridgehead atoms. The van der Waals surface area contributed by atoms with E-state index in [1.165, 1.54) is 0 Å². The summed E-state index contributed by atoms with van der Waals surface area (Å²) in [6, 6.07) is 6.53. The fourth-order valence-corrected chi connectivity index (χ4v) is 2.02. The van der Waals surface area contributed by atoms with Crippen molar-refractivity contribution in [1.29, 1.82) is 0 Å². The van der Waals surface area contributed by atoms with Gasteiger partial charge in [-0.2, -0.15) is 0 Å². The summed E-state index contributed by atoms with van der Waals surface area (Å²) in [6.07, 6.45) is -0.417. The Kier molecular flexibility index (Phi) is 3.82. The maximum atomic E-state index is 13.1. The van der Waals surface area contributed by atoms with Crippen molar-refractivity contribution >= 4 is 23.2 Å². The maximum absolute atomic E-state index is 13.1. The first-order valence-corrected chi connectivity index (χ1v) is 5.99. The van der Waals surface area contributed by atoms with Gasteiger partial charge in [0.2, 0.25) is 5.91 Å². The predicted octanol–water partition coefficient (Wildman–Crippen LogP) is 2.52. The first-order chi connectivity index (χ1) is 8.46. The van der Waals surface area contributed by atoms with Crippen molar-refractivity contribution in [2.45, 2.75) is 12.3 Å². The molecule has 2 rings (SSSR count). The lowest BCUT2D eigenvalue weighted by atomic mass is 9.96. The zero-order chi connectivity index (χ0) is 13.2. The van der Waals surface area contributed by atoms with Crippen molar-refractivity contribution in [3.8, 4) is 0 Å². The fourth-order valence-electron chi connectivity index (χ4n) is 1.90. The molecule has 0 radical (unpaired) electrons. The Balaban J connectivity index is 1.97. The molecule has 1 aromatic rings. The minimum absolute atomic E-state index is 0.273. The number of hydrogen-bond donors (Lipinski definition) is 2. The molecule has 1 aromatic carbocycles. The minimum Gasteiger partial charge on any atom is -0.326 e. The number of anilines is 1. The van der Waals surface area contributed by atoms with Gasteiger partial charge in [-0.15, -0.1) is 0 Å². The molecule has 0 aromatic heterocycles. The van der Waals surface area contributed by atoms with E-state index >= 15 is 0 Å². The van der Waals surface area contributed by atoms with Crippen LogP contribution in [-0.4, -0.2) is 24.9 Å². The zero-order valence-corrected chi connectivity index (χ0v) is 10.3. The Morgan fingerprint density at radius 1 is 1.39 bits per heavy atom. The molecule has 3 nitrogen and oxygen atoms in total. The van der Waals surface area contributed by atoms with E-state index in [-0.39, 0.29) is 13.1 Å². The maximum Gasteiger partial charge on any atom is 0.261 e. The summed E-state index contributed by atoms with van der Waals surface area (Å²) in [5.74, 6) is -3.94. The zero-order valence-electron chi connectivity index (χ0n) is 9.55. The van der Waals surface area contributed by atoms with Gasteiger partial charge in [-0.3, -0.25) is 4.79 Å². The molecule has 18 heavy (non-hydrogen) atoms. The Morgan fingerprint density at radius 3 is 2.67 bits per heavy atom. The van der Waals surface area contributed by atoms with Gasteiger partial charge < -0.3 is 10.6 Å². The average molecular weight is 275 g/mol. The SMILES string of the molecule is O=C(Nc1ccc(Cl)cc1)C1CNCC(F)(F)C1. The van der Waals surface area contributed by atoms with Crippen molar-refractivity contribution in [1.82, 2.24) is 5.32 Å². The van der Waals surface area contributed by atoms with E-state index in [1.54, 1.807) is 24.3 Å². The Labute approximate surface area is 109 Å². The van der Waals surface area contributed by atoms with Crippen LogP contribution in [0.15, 0.2) is 24.3 Å². The van der Waals surface area contributed by atoms with Crippen molar-refractivity contribution in [3.63, 3.8) is 0 Å². The third-order valence-electron chi connectivity index (χ3n) is 2.80. The molecular weight excluding hydrogens is 262 g/mol. The van der Waals surface area contributed by atoms with Gasteiger partial charge in [0.25, 0.3) is 5.92 Å². The number of nitrogens with one attached hydrogen (secondary N) is 2. The molecule has 0 aliphatic carbocycles. The van der Waals surface area contributed by atoms with Crippen LogP contribution in [0.5, 0.6) is 0 Å². The van der Waals surface area contributed by atoms with Crippen LogP contribution in [0.2, 0.25) is 5.02 Å². The number of rotatable bonds is 2. The van der Waals surface area contributed by atoms with E-state index < -0.39 is 24.2 Å². The third kappa shape index (κ3) is 3.40. The summed E-state index contributed by atoms with van der Waals surface area (Å²) in [4.78, 5) is 11.8. The van der Waals surface area contributed by atoms with E-state index in [9.17, 15) is 13.6 Å².